The molecule has 0 bridgehead atoms. The van der Waals surface area contributed by atoms with E-state index in [2.05, 4.69) is 0 Å². The van der Waals surface area contributed by atoms with Crippen molar-refractivity contribution in [3.63, 3.8) is 0 Å². The van der Waals surface area contributed by atoms with Crippen molar-refractivity contribution in [2.75, 3.05) is 13.2 Å². The molecule has 0 N–H and O–H groups in total. The minimum atomic E-state index is -1.21. The predicted octanol–water partition coefficient (Wildman–Crippen LogP) is 0.551. The molecule has 0 aromatic rings. The fourth-order valence-corrected chi connectivity index (χ4v) is 4.87. The van der Waals surface area contributed by atoms with E-state index in [0.29, 0.717) is 0 Å². The second-order valence-corrected chi connectivity index (χ2v) is 10.0. The Morgan fingerprint density at radius 3 is 1.94 bits per heavy atom. The fraction of sp³-hybridized carbons (Fsp3) is 0.870. The molecule has 0 aromatic carbocycles. The van der Waals surface area contributed by atoms with Gasteiger partial charge in [-0.2, -0.15) is 0 Å². The number of esters is 3. The number of fused-ring (bicyclic) bond motifs is 3. The Kier molecular flexibility index (Phi) is 7.64. The normalized spacial score (nSPS) is 40.6. The van der Waals surface area contributed by atoms with Crippen LogP contribution >= 0.6 is 0 Å². The summed E-state index contributed by atoms with van der Waals surface area (Å²) in [6, 6.07) is 0. The first-order chi connectivity index (χ1) is 16.7. The highest BCUT2D eigenvalue weighted by Gasteiger charge is 2.61. The van der Waals surface area contributed by atoms with Crippen molar-refractivity contribution in [3.05, 3.63) is 0 Å². The summed E-state index contributed by atoms with van der Waals surface area (Å²) in [5.41, 5.74) is 0. The largest absolute Gasteiger partial charge is 0.456 e. The summed E-state index contributed by atoms with van der Waals surface area (Å²) < 4.78 is 57.9. The van der Waals surface area contributed by atoms with E-state index in [1.807, 2.05) is 0 Å². The van der Waals surface area contributed by atoms with Crippen molar-refractivity contribution in [2.45, 2.75) is 115 Å². The van der Waals surface area contributed by atoms with Crippen molar-refractivity contribution in [1.82, 2.24) is 0 Å². The first-order valence-corrected chi connectivity index (χ1v) is 11.9. The summed E-state index contributed by atoms with van der Waals surface area (Å²) in [5.74, 6) is -3.69. The van der Waals surface area contributed by atoms with Crippen molar-refractivity contribution >= 4 is 17.9 Å². The maximum absolute atomic E-state index is 11.9. The summed E-state index contributed by atoms with van der Waals surface area (Å²) in [6.07, 6.45) is -7.40. The molecule has 36 heavy (non-hydrogen) atoms. The van der Waals surface area contributed by atoms with Crippen LogP contribution in [-0.2, 0) is 61.8 Å². The number of hydrogen-bond acceptors (Lipinski definition) is 13. The zero-order valence-corrected chi connectivity index (χ0v) is 21.4. The SMILES string of the molecule is CC(=O)O[C@@H]1[C@@H](OC(C)=O)[C@H](OC[C@H]2O[C@@H]3OC(C)(C)O[C@@H]3[C@H]3OC(C)(C)O[C@H]32)OC[C@@H]1OC(C)=O. The number of hydrogen-bond donors (Lipinski definition) is 0. The van der Waals surface area contributed by atoms with Crippen LogP contribution in [-0.4, -0.2) is 98.0 Å². The lowest BCUT2D eigenvalue weighted by Gasteiger charge is -2.41. The van der Waals surface area contributed by atoms with Gasteiger partial charge in [-0.3, -0.25) is 14.4 Å². The Labute approximate surface area is 208 Å². The van der Waals surface area contributed by atoms with Gasteiger partial charge in [-0.25, -0.2) is 0 Å². The van der Waals surface area contributed by atoms with Crippen LogP contribution in [0.5, 0.6) is 0 Å². The van der Waals surface area contributed by atoms with Gasteiger partial charge in [-0.1, -0.05) is 0 Å². The lowest BCUT2D eigenvalue weighted by Crippen LogP contribution is -2.60. The third kappa shape index (κ3) is 5.98. The molecular formula is C23H34O13. The van der Waals surface area contributed by atoms with Crippen molar-refractivity contribution in [3.8, 4) is 0 Å². The molecule has 4 saturated heterocycles. The Balaban J connectivity index is 1.50. The quantitative estimate of drug-likeness (QED) is 0.357. The first-order valence-electron chi connectivity index (χ1n) is 11.9. The van der Waals surface area contributed by atoms with Gasteiger partial charge in [-0.05, 0) is 27.7 Å². The number of rotatable bonds is 6. The topological polar surface area (TPSA) is 144 Å². The molecule has 13 nitrogen and oxygen atoms in total. The minimum absolute atomic E-state index is 0.0684. The number of carbonyl (C=O) groups excluding carboxylic acids is 3. The van der Waals surface area contributed by atoms with Crippen molar-refractivity contribution in [2.24, 2.45) is 0 Å². The van der Waals surface area contributed by atoms with E-state index >= 15 is 0 Å². The molecular weight excluding hydrogens is 484 g/mol. The maximum Gasteiger partial charge on any atom is 0.303 e. The van der Waals surface area contributed by atoms with Crippen LogP contribution in [0.25, 0.3) is 0 Å². The third-order valence-electron chi connectivity index (χ3n) is 5.98. The summed E-state index contributed by atoms with van der Waals surface area (Å²) in [6.45, 7) is 10.5. The van der Waals surface area contributed by atoms with Gasteiger partial charge in [0.1, 0.15) is 24.4 Å². The maximum atomic E-state index is 11.9. The van der Waals surface area contributed by atoms with Gasteiger partial charge in [-0.15, -0.1) is 0 Å². The van der Waals surface area contributed by atoms with E-state index in [9.17, 15) is 14.4 Å². The van der Waals surface area contributed by atoms with Crippen molar-refractivity contribution in [1.29, 1.82) is 0 Å². The predicted molar refractivity (Wildman–Crippen MR) is 115 cm³/mol. The summed E-state index contributed by atoms with van der Waals surface area (Å²) in [5, 5.41) is 0. The highest BCUT2D eigenvalue weighted by Crippen LogP contribution is 2.44. The van der Waals surface area contributed by atoms with Crippen LogP contribution < -0.4 is 0 Å². The average molecular weight is 519 g/mol. The van der Waals surface area contributed by atoms with Crippen LogP contribution in [0.2, 0.25) is 0 Å². The van der Waals surface area contributed by atoms with Gasteiger partial charge in [0.05, 0.1) is 13.2 Å². The zero-order chi connectivity index (χ0) is 26.4. The van der Waals surface area contributed by atoms with E-state index in [1.165, 1.54) is 20.8 Å². The number of ether oxygens (including phenoxy) is 10. The van der Waals surface area contributed by atoms with Gasteiger partial charge < -0.3 is 47.4 Å². The molecule has 0 spiro atoms. The minimum Gasteiger partial charge on any atom is -0.456 e. The van der Waals surface area contributed by atoms with Gasteiger partial charge in [0.25, 0.3) is 0 Å². The lowest BCUT2D eigenvalue weighted by molar-refractivity contribution is -0.298. The third-order valence-corrected chi connectivity index (χ3v) is 5.98. The first kappa shape index (κ1) is 27.2. The molecule has 0 aromatic heterocycles. The molecule has 4 aliphatic rings. The standard InChI is InChI=1S/C23H34O13/c1-10(24)29-13-8-27-20(18(31-12(3)26)15(13)30-11(2)25)28-9-14-16-17(34-22(4,5)33-16)19-21(32-14)36-23(6,7)35-19/h13-21H,8-9H2,1-7H3/t13-,14+,15-,16-,17-,18+,19+,20-,21+/m0/s1. The fourth-order valence-electron chi connectivity index (χ4n) is 4.87. The second-order valence-electron chi connectivity index (χ2n) is 10.0. The Morgan fingerprint density at radius 1 is 0.750 bits per heavy atom. The Morgan fingerprint density at radius 2 is 1.31 bits per heavy atom. The highest BCUT2D eigenvalue weighted by molar-refractivity contribution is 5.68. The van der Waals surface area contributed by atoms with Gasteiger partial charge in [0, 0.05) is 20.8 Å². The lowest BCUT2D eigenvalue weighted by atomic mass is 9.99. The molecule has 13 heteroatoms. The molecule has 0 radical (unpaired) electrons. The molecule has 4 aliphatic heterocycles. The van der Waals surface area contributed by atoms with Gasteiger partial charge in [0.15, 0.2) is 42.5 Å². The molecule has 204 valence electrons. The van der Waals surface area contributed by atoms with Gasteiger partial charge in [0.2, 0.25) is 0 Å². The van der Waals surface area contributed by atoms with Crippen LogP contribution in [0, 0.1) is 0 Å². The summed E-state index contributed by atoms with van der Waals surface area (Å²) >= 11 is 0. The molecule has 0 aliphatic carbocycles. The van der Waals surface area contributed by atoms with E-state index in [-0.39, 0.29) is 13.2 Å². The van der Waals surface area contributed by atoms with Gasteiger partial charge >= 0.3 is 17.9 Å². The van der Waals surface area contributed by atoms with Crippen LogP contribution in [0.1, 0.15) is 48.5 Å². The monoisotopic (exact) mass is 518 g/mol. The van der Waals surface area contributed by atoms with E-state index < -0.39 is 84.8 Å². The van der Waals surface area contributed by atoms with E-state index in [0.717, 1.165) is 0 Å². The van der Waals surface area contributed by atoms with Crippen LogP contribution in [0.3, 0.4) is 0 Å². The Hall–Kier alpha value is -1.87. The zero-order valence-electron chi connectivity index (χ0n) is 21.4. The molecule has 4 fully saturated rings. The smallest absolute Gasteiger partial charge is 0.303 e. The number of carbonyl (C=O) groups is 3. The molecule has 4 heterocycles. The molecule has 9 atom stereocenters. The van der Waals surface area contributed by atoms with Crippen LogP contribution in [0.4, 0.5) is 0 Å². The van der Waals surface area contributed by atoms with Crippen LogP contribution in [0.15, 0.2) is 0 Å². The second kappa shape index (κ2) is 10.1. The van der Waals surface area contributed by atoms with E-state index in [1.54, 1.807) is 27.7 Å². The summed E-state index contributed by atoms with van der Waals surface area (Å²) in [4.78, 5) is 35.2. The molecule has 0 saturated carbocycles. The highest BCUT2D eigenvalue weighted by atomic mass is 16.9. The Bertz CT molecular complexity index is 857. The average Bonchev–Trinajstić information content (AvgIpc) is 3.22. The summed E-state index contributed by atoms with van der Waals surface area (Å²) in [7, 11) is 0. The molecule has 4 rings (SSSR count). The van der Waals surface area contributed by atoms with E-state index in [4.69, 9.17) is 47.4 Å². The molecule has 0 amide bonds. The van der Waals surface area contributed by atoms with Crippen molar-refractivity contribution < 1.29 is 61.8 Å². The molecule has 0 unspecified atom stereocenters.